The van der Waals surface area contributed by atoms with Crippen LogP contribution in [0.3, 0.4) is 0 Å². The van der Waals surface area contributed by atoms with Crippen LogP contribution in [0.4, 0.5) is 0 Å². The van der Waals surface area contributed by atoms with E-state index in [-0.39, 0.29) is 22.4 Å². The van der Waals surface area contributed by atoms with Gasteiger partial charge in [-0.2, -0.15) is 0 Å². The van der Waals surface area contributed by atoms with Crippen LogP contribution >= 0.6 is 34.5 Å². The average molecular weight is 414 g/mol. The van der Waals surface area contributed by atoms with Gasteiger partial charge in [0.15, 0.2) is 0 Å². The average Bonchev–Trinajstić information content (AvgIpc) is 3.13. The maximum atomic E-state index is 12.4. The Morgan fingerprint density at radius 2 is 1.77 bits per heavy atom. The minimum Gasteiger partial charge on any atom is -0.339 e. The Bertz CT molecular complexity index is 810. The number of amides is 3. The van der Waals surface area contributed by atoms with E-state index < -0.39 is 17.9 Å². The first-order valence-electron chi connectivity index (χ1n) is 7.69. The molecular formula is C17H17Cl2N3O3S. The Labute approximate surface area is 164 Å². The van der Waals surface area contributed by atoms with Gasteiger partial charge in [0.05, 0.1) is 15.5 Å². The molecular weight excluding hydrogens is 397 g/mol. The molecule has 1 atom stereocenters. The van der Waals surface area contributed by atoms with Gasteiger partial charge in [-0.25, -0.2) is 0 Å². The molecule has 1 aromatic heterocycles. The number of carbonyl (C=O) groups excluding carboxylic acids is 3. The molecule has 0 unspecified atom stereocenters. The molecule has 0 spiro atoms. The van der Waals surface area contributed by atoms with Crippen molar-refractivity contribution in [2.75, 3.05) is 0 Å². The normalized spacial score (nSPS) is 11.7. The van der Waals surface area contributed by atoms with Crippen LogP contribution in [0.5, 0.6) is 0 Å². The predicted molar refractivity (Wildman–Crippen MR) is 102 cm³/mol. The third kappa shape index (κ3) is 5.20. The maximum absolute atomic E-state index is 12.4. The quantitative estimate of drug-likeness (QED) is 0.657. The summed E-state index contributed by atoms with van der Waals surface area (Å²) in [5.74, 6) is -1.70. The molecule has 0 saturated carbocycles. The lowest BCUT2D eigenvalue weighted by Crippen LogP contribution is -2.54. The van der Waals surface area contributed by atoms with Crippen molar-refractivity contribution in [3.8, 4) is 0 Å². The van der Waals surface area contributed by atoms with Gasteiger partial charge in [-0.3, -0.25) is 25.2 Å². The van der Waals surface area contributed by atoms with E-state index >= 15 is 0 Å². The summed E-state index contributed by atoms with van der Waals surface area (Å²) in [6.45, 7) is 3.57. The first kappa shape index (κ1) is 20.2. The van der Waals surface area contributed by atoms with Crippen LogP contribution in [0.25, 0.3) is 0 Å². The predicted octanol–water partition coefficient (Wildman–Crippen LogP) is 3.27. The highest BCUT2D eigenvalue weighted by molar-refractivity contribution is 7.12. The van der Waals surface area contributed by atoms with Crippen LogP contribution in [-0.2, 0) is 4.79 Å². The Morgan fingerprint density at radius 1 is 1.04 bits per heavy atom. The molecule has 6 nitrogen and oxygen atoms in total. The lowest BCUT2D eigenvalue weighted by molar-refractivity contribution is -0.124. The van der Waals surface area contributed by atoms with Gasteiger partial charge in [-0.05, 0) is 35.6 Å². The summed E-state index contributed by atoms with van der Waals surface area (Å²) >= 11 is 13.1. The van der Waals surface area contributed by atoms with E-state index in [4.69, 9.17) is 23.2 Å². The summed E-state index contributed by atoms with van der Waals surface area (Å²) in [5, 5.41) is 4.98. The van der Waals surface area contributed by atoms with Crippen molar-refractivity contribution < 1.29 is 14.4 Å². The Hall–Kier alpha value is -2.09. The Kier molecular flexibility index (Phi) is 7.02. The van der Waals surface area contributed by atoms with E-state index in [1.165, 1.54) is 23.5 Å². The van der Waals surface area contributed by atoms with Crippen molar-refractivity contribution >= 4 is 52.3 Å². The highest BCUT2D eigenvalue weighted by atomic mass is 35.5. The summed E-state index contributed by atoms with van der Waals surface area (Å²) in [4.78, 5) is 37.2. The SMILES string of the molecule is CC(C)[C@@H](NC(=O)c1cccs1)C(=O)NNC(=O)c1cc(Cl)ccc1Cl. The molecule has 1 aromatic carbocycles. The third-order valence-corrected chi connectivity index (χ3v) is 4.89. The Balaban J connectivity index is 2.00. The molecule has 138 valence electrons. The van der Waals surface area contributed by atoms with E-state index in [1.54, 1.807) is 37.4 Å². The zero-order valence-corrected chi connectivity index (χ0v) is 16.3. The molecule has 2 aromatic rings. The molecule has 26 heavy (non-hydrogen) atoms. The summed E-state index contributed by atoms with van der Waals surface area (Å²) in [5.41, 5.74) is 4.72. The molecule has 0 aliphatic rings. The van der Waals surface area contributed by atoms with Crippen LogP contribution in [0.1, 0.15) is 33.9 Å². The topological polar surface area (TPSA) is 87.3 Å². The molecule has 0 bridgehead atoms. The van der Waals surface area contributed by atoms with Crippen molar-refractivity contribution in [1.29, 1.82) is 0 Å². The van der Waals surface area contributed by atoms with E-state index in [0.29, 0.717) is 9.90 Å². The third-order valence-electron chi connectivity index (χ3n) is 3.45. The molecule has 3 N–H and O–H groups in total. The van der Waals surface area contributed by atoms with Crippen molar-refractivity contribution in [3.63, 3.8) is 0 Å². The van der Waals surface area contributed by atoms with Crippen molar-refractivity contribution in [2.24, 2.45) is 5.92 Å². The van der Waals surface area contributed by atoms with Gasteiger partial charge >= 0.3 is 0 Å². The standard InChI is InChI=1S/C17H17Cl2N3O3S/c1-9(2)14(20-16(24)13-4-3-7-26-13)17(25)22-21-15(23)11-8-10(18)5-6-12(11)19/h3-9,14H,1-2H3,(H,20,24)(H,21,23)(H,22,25)/t14-/m1/s1. The van der Waals surface area contributed by atoms with Crippen molar-refractivity contribution in [2.45, 2.75) is 19.9 Å². The van der Waals surface area contributed by atoms with Gasteiger partial charge in [0.1, 0.15) is 6.04 Å². The summed E-state index contributed by atoms with van der Waals surface area (Å²) in [6, 6.07) is 7.02. The zero-order chi connectivity index (χ0) is 19.3. The molecule has 0 fully saturated rings. The molecule has 2 rings (SSSR count). The molecule has 0 radical (unpaired) electrons. The highest BCUT2D eigenvalue weighted by Gasteiger charge is 2.25. The molecule has 0 saturated heterocycles. The fourth-order valence-corrected chi connectivity index (χ4v) is 3.09. The minimum absolute atomic E-state index is 0.128. The number of carbonyl (C=O) groups is 3. The number of halogens is 2. The zero-order valence-electron chi connectivity index (χ0n) is 14.0. The summed E-state index contributed by atoms with van der Waals surface area (Å²) in [6.07, 6.45) is 0. The Morgan fingerprint density at radius 3 is 2.38 bits per heavy atom. The van der Waals surface area contributed by atoms with Crippen LogP contribution in [-0.4, -0.2) is 23.8 Å². The second-order valence-electron chi connectivity index (χ2n) is 5.74. The van der Waals surface area contributed by atoms with Gasteiger partial charge in [0, 0.05) is 5.02 Å². The number of nitrogens with one attached hydrogen (secondary N) is 3. The molecule has 3 amide bonds. The number of hydrogen-bond acceptors (Lipinski definition) is 4. The van der Waals surface area contributed by atoms with Gasteiger partial charge in [-0.1, -0.05) is 43.1 Å². The fraction of sp³-hybridized carbons (Fsp3) is 0.235. The second-order valence-corrected chi connectivity index (χ2v) is 7.53. The van der Waals surface area contributed by atoms with Crippen LogP contribution in [0.15, 0.2) is 35.7 Å². The summed E-state index contributed by atoms with van der Waals surface area (Å²) < 4.78 is 0. The first-order valence-corrected chi connectivity index (χ1v) is 9.32. The number of hydrazine groups is 1. The highest BCUT2D eigenvalue weighted by Crippen LogP contribution is 2.20. The fourth-order valence-electron chi connectivity index (χ4n) is 2.09. The van der Waals surface area contributed by atoms with E-state index in [0.717, 1.165) is 0 Å². The molecule has 0 aliphatic carbocycles. The van der Waals surface area contributed by atoms with Crippen molar-refractivity contribution in [3.05, 3.63) is 56.2 Å². The number of thiophene rings is 1. The van der Waals surface area contributed by atoms with E-state index in [2.05, 4.69) is 16.2 Å². The lowest BCUT2D eigenvalue weighted by atomic mass is 10.0. The summed E-state index contributed by atoms with van der Waals surface area (Å²) in [7, 11) is 0. The lowest BCUT2D eigenvalue weighted by Gasteiger charge is -2.21. The largest absolute Gasteiger partial charge is 0.339 e. The van der Waals surface area contributed by atoms with Crippen LogP contribution in [0.2, 0.25) is 10.0 Å². The van der Waals surface area contributed by atoms with Gasteiger partial charge in [0.2, 0.25) is 0 Å². The molecule has 0 aliphatic heterocycles. The number of rotatable bonds is 5. The van der Waals surface area contributed by atoms with Gasteiger partial charge in [-0.15, -0.1) is 11.3 Å². The molecule has 9 heteroatoms. The van der Waals surface area contributed by atoms with Crippen LogP contribution < -0.4 is 16.2 Å². The second kappa shape index (κ2) is 9.02. The smallest absolute Gasteiger partial charge is 0.271 e. The van der Waals surface area contributed by atoms with Gasteiger partial charge < -0.3 is 5.32 Å². The maximum Gasteiger partial charge on any atom is 0.271 e. The minimum atomic E-state index is -0.820. The molecule has 1 heterocycles. The van der Waals surface area contributed by atoms with Gasteiger partial charge in [0.25, 0.3) is 17.7 Å². The van der Waals surface area contributed by atoms with E-state index in [1.807, 2.05) is 0 Å². The monoisotopic (exact) mass is 413 g/mol. The first-order chi connectivity index (χ1) is 12.3. The van der Waals surface area contributed by atoms with Crippen molar-refractivity contribution in [1.82, 2.24) is 16.2 Å². The number of hydrogen-bond donors (Lipinski definition) is 3. The van der Waals surface area contributed by atoms with E-state index in [9.17, 15) is 14.4 Å². The van der Waals surface area contributed by atoms with Crippen LogP contribution in [0, 0.1) is 5.92 Å². The number of benzene rings is 1.